The zero-order chi connectivity index (χ0) is 9.14. The summed E-state index contributed by atoms with van der Waals surface area (Å²) in [5, 5.41) is 2.81. The first-order valence-corrected chi connectivity index (χ1v) is 4.25. The van der Waals surface area contributed by atoms with E-state index in [0.717, 1.165) is 0 Å². The van der Waals surface area contributed by atoms with Gasteiger partial charge in [0.05, 0.1) is 0 Å². The lowest BCUT2D eigenvalue weighted by atomic mass is 10.1. The Kier molecular flexibility index (Phi) is 3.38. The molecular formula is C8H14F3N. The minimum atomic E-state index is -1.46. The molecule has 1 saturated heterocycles. The van der Waals surface area contributed by atoms with Gasteiger partial charge in [0.15, 0.2) is 0 Å². The van der Waals surface area contributed by atoms with E-state index in [0.29, 0.717) is 6.42 Å². The Hall–Kier alpha value is -0.250. The molecule has 1 rings (SSSR count). The van der Waals surface area contributed by atoms with Gasteiger partial charge in [-0.2, -0.15) is 0 Å². The molecule has 0 amide bonds. The van der Waals surface area contributed by atoms with Crippen molar-refractivity contribution in [3.05, 3.63) is 0 Å². The van der Waals surface area contributed by atoms with Crippen molar-refractivity contribution in [3.63, 3.8) is 0 Å². The Morgan fingerprint density at radius 3 is 2.58 bits per heavy atom. The number of hydrogen-bond donors (Lipinski definition) is 1. The van der Waals surface area contributed by atoms with Crippen LogP contribution in [0.5, 0.6) is 0 Å². The van der Waals surface area contributed by atoms with Gasteiger partial charge in [0.25, 0.3) is 0 Å². The van der Waals surface area contributed by atoms with Crippen molar-refractivity contribution in [2.75, 3.05) is 6.54 Å². The summed E-state index contributed by atoms with van der Waals surface area (Å²) in [5.74, 6) is 0. The van der Waals surface area contributed by atoms with Crippen LogP contribution in [0.25, 0.3) is 0 Å². The summed E-state index contributed by atoms with van der Waals surface area (Å²) in [4.78, 5) is 0. The van der Waals surface area contributed by atoms with Crippen LogP contribution < -0.4 is 5.32 Å². The molecule has 0 aromatic carbocycles. The summed E-state index contributed by atoms with van der Waals surface area (Å²) in [6.07, 6.45) is -3.42. The third-order valence-corrected chi connectivity index (χ3v) is 2.18. The molecule has 1 aliphatic heterocycles. The lowest BCUT2D eigenvalue weighted by Crippen LogP contribution is -2.28. The smallest absolute Gasteiger partial charge is 0.132 e. The van der Waals surface area contributed by atoms with Crippen molar-refractivity contribution in [2.45, 2.75) is 44.3 Å². The highest BCUT2D eigenvalue weighted by Gasteiger charge is 2.28. The van der Waals surface area contributed by atoms with E-state index in [4.69, 9.17) is 0 Å². The van der Waals surface area contributed by atoms with Gasteiger partial charge >= 0.3 is 0 Å². The summed E-state index contributed by atoms with van der Waals surface area (Å²) in [6, 6.07) is -0.187. The first kappa shape index (κ1) is 9.84. The van der Waals surface area contributed by atoms with Crippen molar-refractivity contribution in [2.24, 2.45) is 0 Å². The molecule has 0 spiro atoms. The van der Waals surface area contributed by atoms with Crippen LogP contribution in [0.4, 0.5) is 13.2 Å². The van der Waals surface area contributed by atoms with Crippen LogP contribution >= 0.6 is 0 Å². The minimum Gasteiger partial charge on any atom is -0.311 e. The standard InChI is InChI=1S/C8H14F3N/c1-5(9)8(11)3-7-2-6(10)4-12-7/h5-8,12H,2-4H2,1H3/t5-,6-,7+,8?/m0/s1. The van der Waals surface area contributed by atoms with Gasteiger partial charge in [-0.3, -0.25) is 0 Å². The highest BCUT2D eigenvalue weighted by molar-refractivity contribution is 4.84. The molecular weight excluding hydrogens is 167 g/mol. The summed E-state index contributed by atoms with van der Waals surface area (Å²) in [7, 11) is 0. The number of nitrogens with one attached hydrogen (secondary N) is 1. The van der Waals surface area contributed by atoms with Crippen molar-refractivity contribution >= 4 is 0 Å². The van der Waals surface area contributed by atoms with Gasteiger partial charge in [0.2, 0.25) is 0 Å². The molecule has 1 heterocycles. The van der Waals surface area contributed by atoms with Crippen LogP contribution in [0.1, 0.15) is 19.8 Å². The fourth-order valence-corrected chi connectivity index (χ4v) is 1.41. The number of alkyl halides is 3. The SMILES string of the molecule is C[C@H](F)C(F)C[C@H]1C[C@H](F)CN1. The summed E-state index contributed by atoms with van der Waals surface area (Å²) in [5.41, 5.74) is 0. The molecule has 12 heavy (non-hydrogen) atoms. The normalized spacial score (nSPS) is 35.0. The van der Waals surface area contributed by atoms with Gasteiger partial charge in [-0.25, -0.2) is 13.2 Å². The molecule has 0 aliphatic carbocycles. The molecule has 1 N–H and O–H groups in total. The van der Waals surface area contributed by atoms with Gasteiger partial charge in [0.1, 0.15) is 18.5 Å². The monoisotopic (exact) mass is 181 g/mol. The second kappa shape index (κ2) is 4.12. The molecule has 0 radical (unpaired) electrons. The van der Waals surface area contributed by atoms with Crippen LogP contribution in [0, 0.1) is 0 Å². The number of halogens is 3. The van der Waals surface area contributed by atoms with Gasteiger partial charge in [0, 0.05) is 12.6 Å². The Morgan fingerprint density at radius 2 is 2.17 bits per heavy atom. The fourth-order valence-electron chi connectivity index (χ4n) is 1.41. The van der Waals surface area contributed by atoms with E-state index >= 15 is 0 Å². The van der Waals surface area contributed by atoms with Crippen LogP contribution in [0.3, 0.4) is 0 Å². The first-order valence-electron chi connectivity index (χ1n) is 4.25. The maximum absolute atomic E-state index is 12.8. The zero-order valence-electron chi connectivity index (χ0n) is 7.06. The Morgan fingerprint density at radius 1 is 1.50 bits per heavy atom. The molecule has 1 aliphatic rings. The Bertz CT molecular complexity index is 140. The molecule has 1 nitrogen and oxygen atoms in total. The molecule has 0 saturated carbocycles. The molecule has 4 heteroatoms. The Balaban J connectivity index is 2.23. The van der Waals surface area contributed by atoms with Gasteiger partial charge in [-0.1, -0.05) is 0 Å². The quantitative estimate of drug-likeness (QED) is 0.699. The fraction of sp³-hybridized carbons (Fsp3) is 1.00. The average Bonchev–Trinajstić information content (AvgIpc) is 2.35. The highest BCUT2D eigenvalue weighted by Crippen LogP contribution is 2.18. The minimum absolute atomic E-state index is 0.0814. The van der Waals surface area contributed by atoms with Crippen LogP contribution in [0.15, 0.2) is 0 Å². The largest absolute Gasteiger partial charge is 0.311 e. The second-order valence-electron chi connectivity index (χ2n) is 3.37. The maximum Gasteiger partial charge on any atom is 0.132 e. The van der Waals surface area contributed by atoms with E-state index in [2.05, 4.69) is 5.32 Å². The second-order valence-corrected chi connectivity index (χ2v) is 3.37. The molecule has 72 valence electrons. The molecule has 0 bridgehead atoms. The third kappa shape index (κ3) is 2.66. The van der Waals surface area contributed by atoms with Gasteiger partial charge < -0.3 is 5.32 Å². The van der Waals surface area contributed by atoms with E-state index in [-0.39, 0.29) is 19.0 Å². The molecule has 1 fully saturated rings. The predicted molar refractivity (Wildman–Crippen MR) is 41.4 cm³/mol. The van der Waals surface area contributed by atoms with Gasteiger partial charge in [-0.05, 0) is 19.8 Å². The zero-order valence-corrected chi connectivity index (χ0v) is 7.06. The van der Waals surface area contributed by atoms with Crippen LogP contribution in [-0.2, 0) is 0 Å². The third-order valence-electron chi connectivity index (χ3n) is 2.18. The number of rotatable bonds is 3. The van der Waals surface area contributed by atoms with Crippen molar-refractivity contribution < 1.29 is 13.2 Å². The molecule has 4 atom stereocenters. The van der Waals surface area contributed by atoms with Gasteiger partial charge in [-0.15, -0.1) is 0 Å². The van der Waals surface area contributed by atoms with E-state index in [1.807, 2.05) is 0 Å². The number of hydrogen-bond acceptors (Lipinski definition) is 1. The van der Waals surface area contributed by atoms with Crippen LogP contribution in [0.2, 0.25) is 0 Å². The lowest BCUT2D eigenvalue weighted by Gasteiger charge is -2.14. The summed E-state index contributed by atoms with van der Waals surface area (Å²) >= 11 is 0. The van der Waals surface area contributed by atoms with E-state index in [1.54, 1.807) is 0 Å². The van der Waals surface area contributed by atoms with E-state index < -0.39 is 18.5 Å². The maximum atomic E-state index is 12.8. The first-order chi connectivity index (χ1) is 5.59. The van der Waals surface area contributed by atoms with Crippen molar-refractivity contribution in [1.82, 2.24) is 5.32 Å². The molecule has 0 aromatic heterocycles. The molecule has 1 unspecified atom stereocenters. The van der Waals surface area contributed by atoms with Crippen molar-refractivity contribution in [3.8, 4) is 0 Å². The Labute approximate surface area is 70.3 Å². The molecule has 0 aromatic rings. The highest BCUT2D eigenvalue weighted by atomic mass is 19.2. The lowest BCUT2D eigenvalue weighted by molar-refractivity contribution is 0.160. The predicted octanol–water partition coefficient (Wildman–Crippen LogP) is 1.77. The average molecular weight is 181 g/mol. The van der Waals surface area contributed by atoms with Crippen molar-refractivity contribution in [1.29, 1.82) is 0 Å². The summed E-state index contributed by atoms with van der Waals surface area (Å²) in [6.45, 7) is 1.46. The van der Waals surface area contributed by atoms with Crippen LogP contribution in [-0.4, -0.2) is 31.1 Å². The van der Waals surface area contributed by atoms with E-state index in [9.17, 15) is 13.2 Å². The topological polar surface area (TPSA) is 12.0 Å². The van der Waals surface area contributed by atoms with E-state index in [1.165, 1.54) is 6.92 Å². The summed E-state index contributed by atoms with van der Waals surface area (Å²) < 4.78 is 37.7.